The molecule has 3 heteroatoms. The summed E-state index contributed by atoms with van der Waals surface area (Å²) in [5, 5.41) is 24.2. The maximum absolute atomic E-state index is 10.2. The van der Waals surface area contributed by atoms with Crippen molar-refractivity contribution in [2.45, 2.75) is 26.7 Å². The summed E-state index contributed by atoms with van der Waals surface area (Å²) < 4.78 is 0. The monoisotopic (exact) mass is 456 g/mol. The minimum absolute atomic E-state index is 0.560. The third-order valence-electron chi connectivity index (χ3n) is 6.78. The molecule has 0 atom stereocenters. The Morgan fingerprint density at radius 2 is 1.20 bits per heavy atom. The second kappa shape index (κ2) is 9.91. The molecule has 0 saturated heterocycles. The van der Waals surface area contributed by atoms with Gasteiger partial charge in [-0.25, -0.2) is 0 Å². The highest BCUT2D eigenvalue weighted by atomic mass is 16.4. The predicted octanol–water partition coefficient (Wildman–Crippen LogP) is 6.99. The average Bonchev–Trinajstić information content (AvgIpc) is 2.92. The summed E-state index contributed by atoms with van der Waals surface area (Å²) in [5.74, 6) is 0. The summed E-state index contributed by atoms with van der Waals surface area (Å²) in [4.78, 5) is 0. The van der Waals surface area contributed by atoms with Crippen molar-refractivity contribution in [2.24, 2.45) is 0 Å². The Bertz CT molecular complexity index is 1470. The third kappa shape index (κ3) is 4.08. The van der Waals surface area contributed by atoms with Gasteiger partial charge in [-0.15, -0.1) is 0 Å². The fourth-order valence-corrected chi connectivity index (χ4v) is 5.29. The molecule has 0 saturated carbocycles. The van der Waals surface area contributed by atoms with Gasteiger partial charge >= 0.3 is 7.12 Å². The van der Waals surface area contributed by atoms with Gasteiger partial charge < -0.3 is 10.0 Å². The Labute approximate surface area is 207 Å². The fraction of sp³-hybridized carbons (Fsp3) is 0.125. The lowest BCUT2D eigenvalue weighted by atomic mass is 9.72. The van der Waals surface area contributed by atoms with Crippen molar-refractivity contribution in [1.29, 1.82) is 0 Å². The van der Waals surface area contributed by atoms with E-state index in [9.17, 15) is 10.0 Å². The molecule has 5 aromatic carbocycles. The van der Waals surface area contributed by atoms with E-state index in [4.69, 9.17) is 0 Å². The molecular weight excluding hydrogens is 427 g/mol. The van der Waals surface area contributed by atoms with E-state index >= 15 is 0 Å². The Balaban J connectivity index is 0.00000124. The lowest BCUT2D eigenvalue weighted by Gasteiger charge is -2.18. The van der Waals surface area contributed by atoms with Crippen molar-refractivity contribution < 1.29 is 10.0 Å². The molecule has 0 aliphatic heterocycles. The van der Waals surface area contributed by atoms with Gasteiger partial charge in [-0.05, 0) is 73.2 Å². The van der Waals surface area contributed by atoms with E-state index in [1.54, 1.807) is 0 Å². The third-order valence-corrected chi connectivity index (χ3v) is 6.78. The number of aryl methyl sites for hydroxylation is 1. The maximum atomic E-state index is 10.2. The number of allylic oxidation sites excluding steroid dienone is 1. The van der Waals surface area contributed by atoms with Gasteiger partial charge in [0.2, 0.25) is 0 Å². The van der Waals surface area contributed by atoms with Crippen LogP contribution in [0.5, 0.6) is 0 Å². The highest BCUT2D eigenvalue weighted by molar-refractivity contribution is 6.66. The van der Waals surface area contributed by atoms with Crippen LogP contribution in [0.2, 0.25) is 0 Å². The molecule has 2 N–H and O–H groups in total. The molecule has 0 aromatic heterocycles. The van der Waals surface area contributed by atoms with Gasteiger partial charge in [0.05, 0.1) is 0 Å². The van der Waals surface area contributed by atoms with Crippen molar-refractivity contribution in [3.63, 3.8) is 0 Å². The topological polar surface area (TPSA) is 40.5 Å². The first-order chi connectivity index (χ1) is 17.2. The SMILES string of the molecule is CC.OB(O)c1c2ccccc2c(-c2ccc(-c3cccc4c3C=CCC4)cc2)c2ccccc12. The lowest BCUT2D eigenvalue weighted by Crippen LogP contribution is -2.31. The van der Waals surface area contributed by atoms with Crippen LogP contribution in [0.1, 0.15) is 31.4 Å². The summed E-state index contributed by atoms with van der Waals surface area (Å²) >= 11 is 0. The highest BCUT2D eigenvalue weighted by Gasteiger charge is 2.22. The number of hydrogen-bond donors (Lipinski definition) is 2. The molecule has 35 heavy (non-hydrogen) atoms. The smallest absolute Gasteiger partial charge is 0.423 e. The molecule has 5 aromatic rings. The van der Waals surface area contributed by atoms with Crippen LogP contribution in [-0.2, 0) is 6.42 Å². The number of rotatable bonds is 3. The van der Waals surface area contributed by atoms with Crippen LogP contribution in [0, 0.1) is 0 Å². The van der Waals surface area contributed by atoms with Crippen LogP contribution >= 0.6 is 0 Å². The van der Waals surface area contributed by atoms with Crippen LogP contribution in [0.4, 0.5) is 0 Å². The predicted molar refractivity (Wildman–Crippen MR) is 151 cm³/mol. The van der Waals surface area contributed by atoms with E-state index in [0.717, 1.165) is 45.5 Å². The van der Waals surface area contributed by atoms with E-state index in [1.165, 1.54) is 22.3 Å². The molecule has 1 aliphatic carbocycles. The Morgan fingerprint density at radius 1 is 0.629 bits per heavy atom. The van der Waals surface area contributed by atoms with Crippen molar-refractivity contribution in [2.75, 3.05) is 0 Å². The minimum Gasteiger partial charge on any atom is -0.423 e. The van der Waals surface area contributed by atoms with E-state index in [-0.39, 0.29) is 0 Å². The number of fused-ring (bicyclic) bond motifs is 3. The van der Waals surface area contributed by atoms with E-state index in [1.807, 2.05) is 50.2 Å². The summed E-state index contributed by atoms with van der Waals surface area (Å²) in [5.41, 5.74) is 8.01. The standard InChI is InChI=1S/C30H23BO2.C2H6/c32-31(33)30-27-13-5-3-11-25(27)29(26-12-4-6-14-28(26)30)22-18-16-21(17-19-22)24-15-7-9-20-8-1-2-10-23(20)24;1-2/h2-7,9-19,32-33H,1,8H2;1-2H3. The van der Waals surface area contributed by atoms with Crippen LogP contribution in [0.15, 0.2) is 97.1 Å². The number of benzene rings is 5. The highest BCUT2D eigenvalue weighted by Crippen LogP contribution is 2.37. The fourth-order valence-electron chi connectivity index (χ4n) is 5.29. The van der Waals surface area contributed by atoms with Crippen LogP contribution in [0.3, 0.4) is 0 Å². The molecule has 6 rings (SSSR count). The van der Waals surface area contributed by atoms with E-state index in [0.29, 0.717) is 5.46 Å². The molecule has 0 unspecified atom stereocenters. The second-order valence-corrected chi connectivity index (χ2v) is 8.65. The van der Waals surface area contributed by atoms with Gasteiger partial charge in [0.15, 0.2) is 0 Å². The zero-order valence-corrected chi connectivity index (χ0v) is 20.2. The van der Waals surface area contributed by atoms with E-state index < -0.39 is 7.12 Å². The summed E-state index contributed by atoms with van der Waals surface area (Å²) in [6.07, 6.45) is 6.71. The van der Waals surface area contributed by atoms with Crippen molar-refractivity contribution in [1.82, 2.24) is 0 Å². The van der Waals surface area contributed by atoms with Crippen LogP contribution in [0.25, 0.3) is 49.9 Å². The summed E-state index contributed by atoms with van der Waals surface area (Å²) in [6.45, 7) is 4.00. The zero-order valence-electron chi connectivity index (χ0n) is 20.2. The molecule has 0 bridgehead atoms. The molecular formula is C32H29BO2. The van der Waals surface area contributed by atoms with Crippen LogP contribution < -0.4 is 5.46 Å². The van der Waals surface area contributed by atoms with Gasteiger partial charge in [-0.2, -0.15) is 0 Å². The molecule has 172 valence electrons. The van der Waals surface area contributed by atoms with Gasteiger partial charge in [0, 0.05) is 0 Å². The van der Waals surface area contributed by atoms with Gasteiger partial charge in [-0.1, -0.05) is 117 Å². The lowest BCUT2D eigenvalue weighted by molar-refractivity contribution is 0.426. The first-order valence-electron chi connectivity index (χ1n) is 12.4. The average molecular weight is 456 g/mol. The van der Waals surface area contributed by atoms with Crippen molar-refractivity contribution >= 4 is 40.2 Å². The number of hydrogen-bond acceptors (Lipinski definition) is 2. The maximum Gasteiger partial charge on any atom is 0.489 e. The largest absolute Gasteiger partial charge is 0.489 e. The zero-order chi connectivity index (χ0) is 24.4. The molecule has 0 amide bonds. The minimum atomic E-state index is -1.53. The molecule has 1 aliphatic rings. The van der Waals surface area contributed by atoms with Gasteiger partial charge in [-0.3, -0.25) is 0 Å². The summed E-state index contributed by atoms with van der Waals surface area (Å²) in [7, 11) is -1.53. The summed E-state index contributed by atoms with van der Waals surface area (Å²) in [6, 6.07) is 31.3. The second-order valence-electron chi connectivity index (χ2n) is 8.65. The van der Waals surface area contributed by atoms with Gasteiger partial charge in [0.1, 0.15) is 0 Å². The van der Waals surface area contributed by atoms with E-state index in [2.05, 4.69) is 66.7 Å². The van der Waals surface area contributed by atoms with Crippen molar-refractivity contribution in [3.05, 3.63) is 108 Å². The molecule has 0 spiro atoms. The van der Waals surface area contributed by atoms with Crippen LogP contribution in [-0.4, -0.2) is 17.2 Å². The first-order valence-corrected chi connectivity index (χ1v) is 12.4. The normalized spacial score (nSPS) is 12.2. The molecule has 2 nitrogen and oxygen atoms in total. The van der Waals surface area contributed by atoms with Gasteiger partial charge in [0.25, 0.3) is 0 Å². The Hall–Kier alpha value is -3.66. The van der Waals surface area contributed by atoms with Crippen molar-refractivity contribution in [3.8, 4) is 22.3 Å². The molecule has 0 fully saturated rings. The molecule has 0 radical (unpaired) electrons. The first kappa shape index (κ1) is 23.1. The quantitative estimate of drug-likeness (QED) is 0.227. The Kier molecular flexibility index (Phi) is 6.54. The Morgan fingerprint density at radius 3 is 1.80 bits per heavy atom. The molecule has 0 heterocycles.